The van der Waals surface area contributed by atoms with Crippen LogP contribution >= 0.6 is 0 Å². The quantitative estimate of drug-likeness (QED) is 0.505. The van der Waals surface area contributed by atoms with E-state index in [1.807, 2.05) is 0 Å². The van der Waals surface area contributed by atoms with E-state index in [0.29, 0.717) is 0 Å². The van der Waals surface area contributed by atoms with Gasteiger partial charge in [0.15, 0.2) is 0 Å². The van der Waals surface area contributed by atoms with Gasteiger partial charge in [-0.15, -0.1) is 0 Å². The minimum Gasteiger partial charge on any atom is -0.480 e. The third-order valence-corrected chi connectivity index (χ3v) is 0.508. The fraction of sp³-hybridized carbons (Fsp3) is 0.600. The molecule has 0 aliphatic rings. The highest BCUT2D eigenvalue weighted by Gasteiger charge is 1.88. The number of rotatable bonds is 1. The minimum absolute atomic E-state index is 0.278. The molecule has 0 radical (unpaired) electrons. The molecular formula is C5H11NO5. The third kappa shape index (κ3) is 17.7. The fourth-order valence-electron chi connectivity index (χ4n) is 0.0833. The van der Waals surface area contributed by atoms with Crippen molar-refractivity contribution in [3.8, 4) is 0 Å². The first-order valence-electron chi connectivity index (χ1n) is 2.62. The number of ether oxygens (including phenoxy) is 2. The maximum atomic E-state index is 9.74. The maximum absolute atomic E-state index is 9.74. The number of methoxy groups -OCH3 is 2. The van der Waals surface area contributed by atoms with Crippen molar-refractivity contribution < 1.29 is 24.2 Å². The predicted molar refractivity (Wildman–Crippen MR) is 36.1 cm³/mol. The average molecular weight is 165 g/mol. The fourth-order valence-corrected chi connectivity index (χ4v) is 0.0833. The molecule has 0 bridgehead atoms. The normalized spacial score (nSPS) is 7.18. The number of aliphatic carboxylic acids is 1. The van der Waals surface area contributed by atoms with Gasteiger partial charge in [-0.1, -0.05) is 0 Å². The number of carboxylic acids is 1. The van der Waals surface area contributed by atoms with Crippen LogP contribution in [0.1, 0.15) is 0 Å². The van der Waals surface area contributed by atoms with Gasteiger partial charge < -0.3 is 20.3 Å². The van der Waals surface area contributed by atoms with Crippen molar-refractivity contribution in [1.29, 1.82) is 0 Å². The molecule has 0 rings (SSSR count). The van der Waals surface area contributed by atoms with Crippen molar-refractivity contribution >= 4 is 12.1 Å². The summed E-state index contributed by atoms with van der Waals surface area (Å²) < 4.78 is 8.08. The summed E-state index contributed by atoms with van der Waals surface area (Å²) in [6, 6.07) is 0. The molecule has 11 heavy (non-hydrogen) atoms. The Hall–Kier alpha value is -1.30. The summed E-state index contributed by atoms with van der Waals surface area (Å²) >= 11 is 0. The van der Waals surface area contributed by atoms with Crippen LogP contribution in [-0.2, 0) is 14.3 Å². The number of carboxylic acid groups (broad SMARTS) is 1. The van der Waals surface area contributed by atoms with Crippen molar-refractivity contribution in [1.82, 2.24) is 0 Å². The third-order valence-electron chi connectivity index (χ3n) is 0.508. The van der Waals surface area contributed by atoms with E-state index < -0.39 is 12.1 Å². The Morgan fingerprint density at radius 3 is 1.64 bits per heavy atom. The smallest absolute Gasteiger partial charge is 0.480 e. The second kappa shape index (κ2) is 8.70. The van der Waals surface area contributed by atoms with E-state index in [2.05, 4.69) is 15.2 Å². The Bertz CT molecular complexity index is 118. The van der Waals surface area contributed by atoms with Gasteiger partial charge in [0.05, 0.1) is 20.8 Å². The van der Waals surface area contributed by atoms with Crippen molar-refractivity contribution in [2.24, 2.45) is 5.73 Å². The van der Waals surface area contributed by atoms with Gasteiger partial charge in [-0.3, -0.25) is 4.79 Å². The van der Waals surface area contributed by atoms with Crippen LogP contribution in [0.25, 0.3) is 0 Å². The van der Waals surface area contributed by atoms with E-state index in [-0.39, 0.29) is 6.54 Å². The Labute approximate surface area is 63.9 Å². The molecular weight excluding hydrogens is 154 g/mol. The van der Waals surface area contributed by atoms with Gasteiger partial charge in [0.2, 0.25) is 0 Å². The van der Waals surface area contributed by atoms with Gasteiger partial charge in [0, 0.05) is 0 Å². The summed E-state index contributed by atoms with van der Waals surface area (Å²) in [4.78, 5) is 19.0. The lowest BCUT2D eigenvalue weighted by Crippen LogP contribution is -2.10. The Balaban J connectivity index is 0. The van der Waals surface area contributed by atoms with Gasteiger partial charge in [-0.05, 0) is 0 Å². The van der Waals surface area contributed by atoms with Gasteiger partial charge in [-0.25, -0.2) is 4.79 Å². The van der Waals surface area contributed by atoms with Crippen LogP contribution in [0.4, 0.5) is 4.79 Å². The molecule has 0 saturated carbocycles. The van der Waals surface area contributed by atoms with E-state index >= 15 is 0 Å². The molecule has 0 saturated heterocycles. The number of carbonyl (C=O) groups is 2. The Morgan fingerprint density at radius 2 is 1.64 bits per heavy atom. The summed E-state index contributed by atoms with van der Waals surface area (Å²) in [5.41, 5.74) is 4.57. The van der Waals surface area contributed by atoms with E-state index in [1.54, 1.807) is 0 Å². The lowest BCUT2D eigenvalue weighted by atomic mass is 10.7. The standard InChI is InChI=1S/C3H6O3.C2H5NO2/c1-5-3(4)6-2;3-1-2(4)5/h1-2H3;1,3H2,(H,4,5). The van der Waals surface area contributed by atoms with Crippen LogP contribution < -0.4 is 5.73 Å². The summed E-state index contributed by atoms with van der Waals surface area (Å²) in [6.45, 7) is -0.278. The first-order valence-corrected chi connectivity index (χ1v) is 2.62. The van der Waals surface area contributed by atoms with Crippen LogP contribution in [0.3, 0.4) is 0 Å². The molecule has 66 valence electrons. The average Bonchev–Trinajstić information content (AvgIpc) is 2.04. The molecule has 0 aromatic carbocycles. The van der Waals surface area contributed by atoms with E-state index in [0.717, 1.165) is 0 Å². The van der Waals surface area contributed by atoms with Crippen molar-refractivity contribution in [2.45, 2.75) is 0 Å². The second-order valence-electron chi connectivity index (χ2n) is 1.26. The number of hydrogen-bond donors (Lipinski definition) is 2. The van der Waals surface area contributed by atoms with Crippen LogP contribution in [0, 0.1) is 0 Å². The van der Waals surface area contributed by atoms with Gasteiger partial charge in [0.25, 0.3) is 0 Å². The highest BCUT2D eigenvalue weighted by molar-refractivity contribution is 5.68. The molecule has 0 unspecified atom stereocenters. The minimum atomic E-state index is -0.968. The predicted octanol–water partition coefficient (Wildman–Crippen LogP) is -0.571. The summed E-state index contributed by atoms with van der Waals surface area (Å²) in [7, 11) is 2.51. The molecule has 0 aliphatic heterocycles. The van der Waals surface area contributed by atoms with Crippen molar-refractivity contribution in [3.05, 3.63) is 0 Å². The molecule has 0 heterocycles. The molecule has 6 heteroatoms. The molecule has 0 aliphatic carbocycles. The summed E-state index contributed by atoms with van der Waals surface area (Å²) in [6.07, 6.45) is -0.657. The van der Waals surface area contributed by atoms with Crippen LogP contribution in [-0.4, -0.2) is 38.0 Å². The van der Waals surface area contributed by atoms with Crippen LogP contribution in [0.5, 0.6) is 0 Å². The van der Waals surface area contributed by atoms with Gasteiger partial charge in [-0.2, -0.15) is 0 Å². The highest BCUT2D eigenvalue weighted by atomic mass is 16.7. The SMILES string of the molecule is COC(=O)OC.NCC(=O)O. The summed E-state index contributed by atoms with van der Waals surface area (Å²) in [5.74, 6) is -0.968. The Morgan fingerprint density at radius 1 is 1.36 bits per heavy atom. The number of nitrogens with two attached hydrogens (primary N) is 1. The lowest BCUT2D eigenvalue weighted by molar-refractivity contribution is -0.135. The largest absolute Gasteiger partial charge is 0.507 e. The Kier molecular flexibility index (Phi) is 9.79. The first-order chi connectivity index (χ1) is 5.08. The van der Waals surface area contributed by atoms with Crippen LogP contribution in [0.2, 0.25) is 0 Å². The number of hydrogen-bond acceptors (Lipinski definition) is 5. The molecule has 0 aromatic rings. The van der Waals surface area contributed by atoms with Gasteiger partial charge in [0.1, 0.15) is 0 Å². The molecule has 6 nitrogen and oxygen atoms in total. The summed E-state index contributed by atoms with van der Waals surface area (Å²) in [5, 5.41) is 7.60. The molecule has 0 aromatic heterocycles. The van der Waals surface area contributed by atoms with Crippen molar-refractivity contribution in [2.75, 3.05) is 20.8 Å². The molecule has 0 atom stereocenters. The lowest BCUT2D eigenvalue weighted by Gasteiger charge is -1.89. The first kappa shape index (κ1) is 12.4. The number of carbonyl (C=O) groups excluding carboxylic acids is 1. The molecule has 0 amide bonds. The zero-order chi connectivity index (χ0) is 9.28. The van der Waals surface area contributed by atoms with E-state index in [4.69, 9.17) is 5.11 Å². The van der Waals surface area contributed by atoms with Crippen LogP contribution in [0.15, 0.2) is 0 Å². The van der Waals surface area contributed by atoms with Crippen molar-refractivity contribution in [3.63, 3.8) is 0 Å². The topological polar surface area (TPSA) is 98.9 Å². The van der Waals surface area contributed by atoms with E-state index in [9.17, 15) is 9.59 Å². The zero-order valence-corrected chi connectivity index (χ0v) is 6.36. The monoisotopic (exact) mass is 165 g/mol. The molecule has 0 fully saturated rings. The molecule has 3 N–H and O–H groups in total. The highest BCUT2D eigenvalue weighted by Crippen LogP contribution is 1.72. The second-order valence-corrected chi connectivity index (χ2v) is 1.26. The molecule has 0 spiro atoms. The maximum Gasteiger partial charge on any atom is 0.507 e. The van der Waals surface area contributed by atoms with E-state index in [1.165, 1.54) is 14.2 Å². The zero-order valence-electron chi connectivity index (χ0n) is 6.36. The van der Waals surface area contributed by atoms with Gasteiger partial charge >= 0.3 is 12.1 Å².